The van der Waals surface area contributed by atoms with Gasteiger partial charge in [0, 0.05) is 13.7 Å². The molecule has 0 saturated carbocycles. The van der Waals surface area contributed by atoms with E-state index in [2.05, 4.69) is 22.5 Å². The lowest BCUT2D eigenvalue weighted by Gasteiger charge is -2.12. The van der Waals surface area contributed by atoms with Crippen LogP contribution in [0.25, 0.3) is 0 Å². The number of halogens is 1. The van der Waals surface area contributed by atoms with E-state index in [4.69, 9.17) is 14.2 Å². The molecule has 2 rings (SSSR count). The zero-order valence-electron chi connectivity index (χ0n) is 17.4. The molecular weight excluding hydrogens is 481 g/mol. The minimum atomic E-state index is 0. The topological polar surface area (TPSA) is 64.1 Å². The summed E-state index contributed by atoms with van der Waals surface area (Å²) >= 11 is 0. The first-order valence-corrected chi connectivity index (χ1v) is 9.63. The highest BCUT2D eigenvalue weighted by Crippen LogP contribution is 2.14. The molecule has 2 aromatic rings. The maximum atomic E-state index is 5.74. The van der Waals surface area contributed by atoms with Gasteiger partial charge in [0.25, 0.3) is 0 Å². The van der Waals surface area contributed by atoms with Gasteiger partial charge < -0.3 is 24.8 Å². The van der Waals surface area contributed by atoms with Crippen LogP contribution in [0.5, 0.6) is 11.5 Å². The number of aryl methyl sites for hydroxylation is 1. The first kappa shape index (κ1) is 25.0. The molecule has 0 amide bonds. The van der Waals surface area contributed by atoms with Crippen molar-refractivity contribution in [2.45, 2.75) is 20.4 Å². The van der Waals surface area contributed by atoms with E-state index in [1.807, 2.05) is 55.5 Å². The van der Waals surface area contributed by atoms with Gasteiger partial charge in [0.1, 0.15) is 24.7 Å². The molecule has 0 saturated heterocycles. The number of rotatable bonds is 11. The lowest BCUT2D eigenvalue weighted by Crippen LogP contribution is -2.39. The van der Waals surface area contributed by atoms with Gasteiger partial charge in [-0.3, -0.25) is 0 Å². The SMILES string of the molecule is CCNC(=NCc1cccc(OCCOC)c1)NCCOc1ccc(C)cc1.I. The summed E-state index contributed by atoms with van der Waals surface area (Å²) in [6.07, 6.45) is 0. The second-order valence-electron chi connectivity index (χ2n) is 6.27. The van der Waals surface area contributed by atoms with E-state index >= 15 is 0 Å². The van der Waals surface area contributed by atoms with Crippen LogP contribution >= 0.6 is 24.0 Å². The Hall–Kier alpha value is -2.00. The highest BCUT2D eigenvalue weighted by molar-refractivity contribution is 14.0. The summed E-state index contributed by atoms with van der Waals surface area (Å²) in [4.78, 5) is 4.64. The number of hydrogen-bond donors (Lipinski definition) is 2. The summed E-state index contributed by atoms with van der Waals surface area (Å²) in [6, 6.07) is 16.0. The van der Waals surface area contributed by atoms with Crippen LogP contribution in [-0.2, 0) is 11.3 Å². The average Bonchev–Trinajstić information content (AvgIpc) is 2.71. The molecule has 2 N–H and O–H groups in total. The largest absolute Gasteiger partial charge is 0.492 e. The molecule has 0 fully saturated rings. The number of hydrogen-bond acceptors (Lipinski definition) is 4. The maximum Gasteiger partial charge on any atom is 0.191 e. The van der Waals surface area contributed by atoms with Crippen LogP contribution in [0.15, 0.2) is 53.5 Å². The summed E-state index contributed by atoms with van der Waals surface area (Å²) in [6.45, 7) is 7.81. The lowest BCUT2D eigenvalue weighted by molar-refractivity contribution is 0.146. The smallest absolute Gasteiger partial charge is 0.191 e. The highest BCUT2D eigenvalue weighted by Gasteiger charge is 2.00. The first-order valence-electron chi connectivity index (χ1n) is 9.63. The number of methoxy groups -OCH3 is 1. The molecule has 29 heavy (non-hydrogen) atoms. The normalized spacial score (nSPS) is 10.8. The monoisotopic (exact) mass is 513 g/mol. The second kappa shape index (κ2) is 14.9. The van der Waals surface area contributed by atoms with Crippen LogP contribution in [0.1, 0.15) is 18.1 Å². The Balaban J connectivity index is 0.00000420. The standard InChI is InChI=1S/C22H31N3O3.HI/c1-4-23-22(24-12-13-27-20-10-8-18(2)9-11-20)25-17-19-6-5-7-21(16-19)28-15-14-26-3;/h5-11,16H,4,12-15,17H2,1-3H3,(H2,23,24,25);1H. The van der Waals surface area contributed by atoms with Crippen molar-refractivity contribution in [3.63, 3.8) is 0 Å². The van der Waals surface area contributed by atoms with Gasteiger partial charge in [-0.1, -0.05) is 29.8 Å². The molecule has 0 aromatic heterocycles. The summed E-state index contributed by atoms with van der Waals surface area (Å²) in [7, 11) is 1.66. The molecular formula is C22H32IN3O3. The molecule has 0 bridgehead atoms. The number of nitrogens with zero attached hydrogens (tertiary/aromatic N) is 1. The van der Waals surface area contributed by atoms with E-state index in [1.54, 1.807) is 7.11 Å². The average molecular weight is 513 g/mol. The van der Waals surface area contributed by atoms with Crippen LogP contribution in [0.3, 0.4) is 0 Å². The predicted octanol–water partition coefficient (Wildman–Crippen LogP) is 3.77. The quantitative estimate of drug-likeness (QED) is 0.207. The van der Waals surface area contributed by atoms with Gasteiger partial charge in [0.05, 0.1) is 19.7 Å². The first-order chi connectivity index (χ1) is 13.7. The molecule has 6 nitrogen and oxygen atoms in total. The number of nitrogens with one attached hydrogen (secondary N) is 2. The zero-order valence-corrected chi connectivity index (χ0v) is 19.8. The fourth-order valence-electron chi connectivity index (χ4n) is 2.46. The van der Waals surface area contributed by atoms with Gasteiger partial charge in [-0.2, -0.15) is 0 Å². The van der Waals surface area contributed by atoms with E-state index in [-0.39, 0.29) is 24.0 Å². The molecule has 0 radical (unpaired) electrons. The van der Waals surface area contributed by atoms with Crippen LogP contribution in [0.2, 0.25) is 0 Å². The summed E-state index contributed by atoms with van der Waals surface area (Å²) in [5.41, 5.74) is 2.31. The van der Waals surface area contributed by atoms with E-state index in [9.17, 15) is 0 Å². The van der Waals surface area contributed by atoms with E-state index in [0.29, 0.717) is 32.9 Å². The Kier molecular flexibility index (Phi) is 12.9. The molecule has 0 unspecified atom stereocenters. The van der Waals surface area contributed by atoms with Crippen LogP contribution in [0.4, 0.5) is 0 Å². The van der Waals surface area contributed by atoms with Gasteiger partial charge in [0.2, 0.25) is 0 Å². The van der Waals surface area contributed by atoms with Crippen LogP contribution in [0, 0.1) is 6.92 Å². The van der Waals surface area contributed by atoms with Gasteiger partial charge in [-0.05, 0) is 43.7 Å². The maximum absolute atomic E-state index is 5.74. The van der Waals surface area contributed by atoms with E-state index in [0.717, 1.165) is 29.6 Å². The Morgan fingerprint density at radius 1 is 0.931 bits per heavy atom. The van der Waals surface area contributed by atoms with Crippen molar-refractivity contribution in [3.8, 4) is 11.5 Å². The van der Waals surface area contributed by atoms with Gasteiger partial charge in [-0.15, -0.1) is 24.0 Å². The van der Waals surface area contributed by atoms with Crippen molar-refractivity contribution < 1.29 is 14.2 Å². The molecule has 160 valence electrons. The fourth-order valence-corrected chi connectivity index (χ4v) is 2.46. The number of ether oxygens (including phenoxy) is 3. The molecule has 0 aliphatic heterocycles. The minimum absolute atomic E-state index is 0. The Bertz CT molecular complexity index is 723. The van der Waals surface area contributed by atoms with Gasteiger partial charge in [0.15, 0.2) is 5.96 Å². The number of aliphatic imine (C=N–C) groups is 1. The Labute approximate surface area is 191 Å². The Morgan fingerprint density at radius 2 is 1.69 bits per heavy atom. The predicted molar refractivity (Wildman–Crippen MR) is 129 cm³/mol. The van der Waals surface area contributed by atoms with Crippen molar-refractivity contribution in [2.24, 2.45) is 4.99 Å². The molecule has 0 aliphatic carbocycles. The highest BCUT2D eigenvalue weighted by atomic mass is 127. The summed E-state index contributed by atoms with van der Waals surface area (Å²) < 4.78 is 16.4. The third-order valence-corrected chi connectivity index (χ3v) is 3.90. The second-order valence-corrected chi connectivity index (χ2v) is 6.27. The minimum Gasteiger partial charge on any atom is -0.492 e. The third kappa shape index (κ3) is 10.4. The van der Waals surface area contributed by atoms with Crippen molar-refractivity contribution in [1.82, 2.24) is 10.6 Å². The fraction of sp³-hybridized carbons (Fsp3) is 0.409. The molecule has 2 aromatic carbocycles. The van der Waals surface area contributed by atoms with Crippen molar-refractivity contribution in [3.05, 3.63) is 59.7 Å². The van der Waals surface area contributed by atoms with Crippen molar-refractivity contribution >= 4 is 29.9 Å². The van der Waals surface area contributed by atoms with Crippen molar-refractivity contribution in [2.75, 3.05) is 40.0 Å². The number of guanidine groups is 1. The summed E-state index contributed by atoms with van der Waals surface area (Å²) in [5, 5.41) is 6.55. The number of benzene rings is 2. The molecule has 0 aliphatic rings. The zero-order chi connectivity index (χ0) is 20.0. The molecule has 0 atom stereocenters. The summed E-state index contributed by atoms with van der Waals surface area (Å²) in [5.74, 6) is 2.47. The van der Waals surface area contributed by atoms with Crippen LogP contribution in [-0.4, -0.2) is 46.0 Å². The molecule has 0 spiro atoms. The molecule has 7 heteroatoms. The van der Waals surface area contributed by atoms with E-state index < -0.39 is 0 Å². The van der Waals surface area contributed by atoms with Crippen LogP contribution < -0.4 is 20.1 Å². The van der Waals surface area contributed by atoms with Gasteiger partial charge in [-0.25, -0.2) is 4.99 Å². The lowest BCUT2D eigenvalue weighted by atomic mass is 10.2. The van der Waals surface area contributed by atoms with Crippen molar-refractivity contribution in [1.29, 1.82) is 0 Å². The Morgan fingerprint density at radius 3 is 2.41 bits per heavy atom. The van der Waals surface area contributed by atoms with E-state index in [1.165, 1.54) is 5.56 Å². The molecule has 0 heterocycles. The van der Waals surface area contributed by atoms with Gasteiger partial charge >= 0.3 is 0 Å². The third-order valence-electron chi connectivity index (χ3n) is 3.90.